The number of benzene rings is 3. The van der Waals surface area contributed by atoms with Crippen LogP contribution in [0.5, 0.6) is 5.75 Å². The molecule has 1 heterocycles. The van der Waals surface area contributed by atoms with Gasteiger partial charge in [-0.05, 0) is 60.3 Å². The number of aryl methyl sites for hydroxylation is 1. The van der Waals surface area contributed by atoms with Gasteiger partial charge in [0, 0.05) is 27.4 Å². The van der Waals surface area contributed by atoms with Crippen LogP contribution >= 0.6 is 11.6 Å². The van der Waals surface area contributed by atoms with Crippen LogP contribution in [0.25, 0.3) is 10.9 Å². The lowest BCUT2D eigenvalue weighted by Gasteiger charge is -2.24. The van der Waals surface area contributed by atoms with Crippen LogP contribution in [0.1, 0.15) is 16.7 Å². The number of anilines is 1. The molecule has 168 valence electrons. The third-order valence-corrected chi connectivity index (χ3v) is 5.63. The van der Waals surface area contributed by atoms with Crippen molar-refractivity contribution in [2.75, 3.05) is 12.4 Å². The summed E-state index contributed by atoms with van der Waals surface area (Å²) in [7, 11) is 1.59. The predicted octanol–water partition coefficient (Wildman–Crippen LogP) is 5.73. The molecule has 33 heavy (non-hydrogen) atoms. The fourth-order valence-electron chi connectivity index (χ4n) is 3.66. The Bertz CT molecular complexity index is 1350. The zero-order valence-electron chi connectivity index (χ0n) is 18.4. The predicted molar refractivity (Wildman–Crippen MR) is 132 cm³/mol. The highest BCUT2D eigenvalue weighted by Crippen LogP contribution is 2.22. The maximum atomic E-state index is 13.3. The highest BCUT2D eigenvalue weighted by molar-refractivity contribution is 6.30. The topological polar surface area (TPSA) is 74.4 Å². The number of rotatable bonds is 6. The van der Waals surface area contributed by atoms with Crippen molar-refractivity contribution in [3.05, 3.63) is 105 Å². The molecule has 0 radical (unpaired) electrons. The number of pyridine rings is 1. The quantitative estimate of drug-likeness (QED) is 0.385. The molecule has 2 N–H and O–H groups in total. The second-order valence-corrected chi connectivity index (χ2v) is 8.26. The molecule has 3 aromatic carbocycles. The molecule has 0 aliphatic carbocycles. The van der Waals surface area contributed by atoms with Crippen molar-refractivity contribution in [1.82, 2.24) is 9.88 Å². The fraction of sp³-hybridized carbons (Fsp3) is 0.154. The van der Waals surface area contributed by atoms with E-state index in [9.17, 15) is 9.59 Å². The van der Waals surface area contributed by atoms with E-state index >= 15 is 0 Å². The largest absolute Gasteiger partial charge is 0.496 e. The minimum absolute atomic E-state index is 0.122. The van der Waals surface area contributed by atoms with E-state index in [4.69, 9.17) is 16.3 Å². The van der Waals surface area contributed by atoms with Gasteiger partial charge in [-0.15, -0.1) is 0 Å². The summed E-state index contributed by atoms with van der Waals surface area (Å²) in [4.78, 5) is 30.6. The number of carbonyl (C=O) groups is 1. The van der Waals surface area contributed by atoms with Gasteiger partial charge < -0.3 is 19.9 Å². The molecule has 6 nitrogen and oxygen atoms in total. The number of H-pyrrole nitrogens is 1. The number of nitrogens with one attached hydrogen (secondary N) is 2. The number of methoxy groups -OCH3 is 1. The van der Waals surface area contributed by atoms with E-state index in [1.807, 2.05) is 55.5 Å². The number of para-hydroxylation sites is 1. The lowest BCUT2D eigenvalue weighted by Crippen LogP contribution is -2.35. The number of aromatic amines is 1. The number of hydrogen-bond donors (Lipinski definition) is 2. The summed E-state index contributed by atoms with van der Waals surface area (Å²) in [5.41, 5.74) is 3.54. The van der Waals surface area contributed by atoms with Gasteiger partial charge in [-0.25, -0.2) is 4.79 Å². The van der Waals surface area contributed by atoms with Crippen LogP contribution in [0.4, 0.5) is 10.5 Å². The van der Waals surface area contributed by atoms with Gasteiger partial charge in [-0.2, -0.15) is 0 Å². The van der Waals surface area contributed by atoms with Crippen LogP contribution in [0, 0.1) is 6.92 Å². The monoisotopic (exact) mass is 461 g/mol. The van der Waals surface area contributed by atoms with Crippen molar-refractivity contribution in [2.45, 2.75) is 20.0 Å². The average molecular weight is 462 g/mol. The fourth-order valence-corrected chi connectivity index (χ4v) is 3.78. The lowest BCUT2D eigenvalue weighted by atomic mass is 10.1. The smallest absolute Gasteiger partial charge is 0.322 e. The van der Waals surface area contributed by atoms with Gasteiger partial charge in [0.05, 0.1) is 20.2 Å². The minimum atomic E-state index is -0.341. The van der Waals surface area contributed by atoms with Gasteiger partial charge >= 0.3 is 6.03 Å². The second-order valence-electron chi connectivity index (χ2n) is 7.82. The van der Waals surface area contributed by atoms with Crippen molar-refractivity contribution in [1.29, 1.82) is 0 Å². The molecule has 0 spiro atoms. The molecular formula is C26H24ClN3O3. The summed E-state index contributed by atoms with van der Waals surface area (Å²) in [5, 5.41) is 4.37. The maximum Gasteiger partial charge on any atom is 0.322 e. The van der Waals surface area contributed by atoms with Crippen LogP contribution in [-0.2, 0) is 13.1 Å². The van der Waals surface area contributed by atoms with E-state index < -0.39 is 0 Å². The van der Waals surface area contributed by atoms with Crippen molar-refractivity contribution >= 4 is 34.2 Å². The van der Waals surface area contributed by atoms with Crippen LogP contribution in [0.15, 0.2) is 77.6 Å². The van der Waals surface area contributed by atoms with Gasteiger partial charge in [-0.3, -0.25) is 4.79 Å². The Kier molecular flexibility index (Phi) is 6.66. The molecule has 0 fully saturated rings. The standard InChI is InChI=1S/C26H24ClN3O3/c1-17-7-8-18-14-20(25(31)29-23(18)13-17)16-30(15-19-5-3-4-6-24(19)33-2)26(32)28-22-11-9-21(27)10-12-22/h3-14H,15-16H2,1-2H3,(H,28,32)(H,29,31). The van der Waals surface area contributed by atoms with Gasteiger partial charge in [-0.1, -0.05) is 41.9 Å². The molecular weight excluding hydrogens is 438 g/mol. The summed E-state index contributed by atoms with van der Waals surface area (Å²) in [6.45, 7) is 2.35. The first kappa shape index (κ1) is 22.4. The second kappa shape index (κ2) is 9.79. The van der Waals surface area contributed by atoms with Crippen LogP contribution in [0.3, 0.4) is 0 Å². The summed E-state index contributed by atoms with van der Waals surface area (Å²) in [5.74, 6) is 0.671. The summed E-state index contributed by atoms with van der Waals surface area (Å²) in [6, 6.07) is 21.7. The Labute approximate surface area is 196 Å². The van der Waals surface area contributed by atoms with Gasteiger partial charge in [0.1, 0.15) is 5.75 Å². The molecule has 0 bridgehead atoms. The Balaban J connectivity index is 1.67. The third-order valence-electron chi connectivity index (χ3n) is 5.38. The highest BCUT2D eigenvalue weighted by atomic mass is 35.5. The van der Waals surface area contributed by atoms with Crippen molar-refractivity contribution < 1.29 is 9.53 Å². The molecule has 0 atom stereocenters. The number of fused-ring (bicyclic) bond motifs is 1. The molecule has 1 aromatic heterocycles. The van der Waals surface area contributed by atoms with E-state index in [0.29, 0.717) is 22.0 Å². The number of halogens is 1. The first-order valence-corrected chi connectivity index (χ1v) is 10.9. The summed E-state index contributed by atoms with van der Waals surface area (Å²) in [6.07, 6.45) is 0. The van der Waals surface area contributed by atoms with E-state index in [-0.39, 0.29) is 24.7 Å². The Morgan fingerprint density at radius 3 is 2.48 bits per heavy atom. The highest BCUT2D eigenvalue weighted by Gasteiger charge is 2.19. The average Bonchev–Trinajstić information content (AvgIpc) is 2.81. The van der Waals surface area contributed by atoms with Gasteiger partial charge in [0.2, 0.25) is 0 Å². The molecule has 0 saturated heterocycles. The Morgan fingerprint density at radius 1 is 1.00 bits per heavy atom. The van der Waals surface area contributed by atoms with E-state index in [1.54, 1.807) is 36.3 Å². The number of urea groups is 1. The lowest BCUT2D eigenvalue weighted by molar-refractivity contribution is 0.205. The SMILES string of the molecule is COc1ccccc1CN(Cc1cc2ccc(C)cc2[nH]c1=O)C(=O)Nc1ccc(Cl)cc1. The first-order chi connectivity index (χ1) is 15.9. The van der Waals surface area contributed by atoms with E-state index in [1.165, 1.54) is 0 Å². The number of nitrogens with zero attached hydrogens (tertiary/aromatic N) is 1. The first-order valence-electron chi connectivity index (χ1n) is 10.5. The number of ether oxygens (including phenoxy) is 1. The summed E-state index contributed by atoms with van der Waals surface area (Å²) < 4.78 is 5.46. The molecule has 0 aliphatic heterocycles. The minimum Gasteiger partial charge on any atom is -0.496 e. The molecule has 2 amide bonds. The third kappa shape index (κ3) is 5.35. The van der Waals surface area contributed by atoms with E-state index in [0.717, 1.165) is 22.0 Å². The van der Waals surface area contributed by atoms with Crippen molar-refractivity contribution in [3.63, 3.8) is 0 Å². The number of aromatic nitrogens is 1. The number of amides is 2. The zero-order valence-corrected chi connectivity index (χ0v) is 19.1. The van der Waals surface area contributed by atoms with Crippen LogP contribution in [0.2, 0.25) is 5.02 Å². The zero-order chi connectivity index (χ0) is 23.4. The molecule has 7 heteroatoms. The number of carbonyl (C=O) groups excluding carboxylic acids is 1. The van der Waals surface area contributed by atoms with Gasteiger partial charge in [0.15, 0.2) is 0 Å². The van der Waals surface area contributed by atoms with Gasteiger partial charge in [0.25, 0.3) is 5.56 Å². The molecule has 4 rings (SSSR count). The molecule has 0 saturated carbocycles. The van der Waals surface area contributed by atoms with Crippen LogP contribution in [-0.4, -0.2) is 23.0 Å². The Hall–Kier alpha value is -3.77. The maximum absolute atomic E-state index is 13.3. The Morgan fingerprint density at radius 2 is 1.73 bits per heavy atom. The van der Waals surface area contributed by atoms with E-state index in [2.05, 4.69) is 10.3 Å². The molecule has 4 aromatic rings. The van der Waals surface area contributed by atoms with Crippen molar-refractivity contribution in [3.8, 4) is 5.75 Å². The normalized spacial score (nSPS) is 10.8. The van der Waals surface area contributed by atoms with Crippen LogP contribution < -0.4 is 15.6 Å². The van der Waals surface area contributed by atoms with Crippen molar-refractivity contribution in [2.24, 2.45) is 0 Å². The molecule has 0 aliphatic rings. The molecule has 0 unspecified atom stereocenters. The summed E-state index contributed by atoms with van der Waals surface area (Å²) >= 11 is 5.96. The number of hydrogen-bond acceptors (Lipinski definition) is 3.